The molecule has 1 atom stereocenters. The van der Waals surface area contributed by atoms with Gasteiger partial charge in [-0.25, -0.2) is 9.48 Å². The SMILES string of the molecule is O=C(NCc1cnn(-c2ccccc2)c1)NC1CCc2ccccc21. The number of urea groups is 1. The van der Waals surface area contributed by atoms with Crippen LogP contribution >= 0.6 is 0 Å². The molecule has 3 aromatic rings. The highest BCUT2D eigenvalue weighted by Crippen LogP contribution is 2.30. The quantitative estimate of drug-likeness (QED) is 0.770. The smallest absolute Gasteiger partial charge is 0.315 e. The highest BCUT2D eigenvalue weighted by atomic mass is 16.2. The van der Waals surface area contributed by atoms with Gasteiger partial charge in [-0.05, 0) is 36.1 Å². The number of carbonyl (C=O) groups is 1. The van der Waals surface area contributed by atoms with E-state index in [0.29, 0.717) is 6.54 Å². The van der Waals surface area contributed by atoms with Crippen molar-refractivity contribution in [3.05, 3.63) is 83.7 Å². The van der Waals surface area contributed by atoms with Crippen LogP contribution in [0.15, 0.2) is 67.0 Å². The second-order valence-electron chi connectivity index (χ2n) is 6.25. The first-order valence-electron chi connectivity index (χ1n) is 8.51. The summed E-state index contributed by atoms with van der Waals surface area (Å²) in [5.41, 5.74) is 4.53. The number of aryl methyl sites for hydroxylation is 1. The first kappa shape index (κ1) is 15.4. The third-order valence-corrected chi connectivity index (χ3v) is 4.55. The van der Waals surface area contributed by atoms with Gasteiger partial charge in [0.1, 0.15) is 0 Å². The topological polar surface area (TPSA) is 59.0 Å². The molecule has 1 aliphatic carbocycles. The van der Waals surface area contributed by atoms with Crippen molar-refractivity contribution in [2.24, 2.45) is 0 Å². The highest BCUT2D eigenvalue weighted by Gasteiger charge is 2.23. The van der Waals surface area contributed by atoms with Gasteiger partial charge in [0.2, 0.25) is 0 Å². The number of para-hydroxylation sites is 1. The number of aromatic nitrogens is 2. The second-order valence-corrected chi connectivity index (χ2v) is 6.25. The standard InChI is InChI=1S/C20H20N4O/c25-20(23-19-11-10-16-6-4-5-9-18(16)19)21-12-15-13-22-24(14-15)17-7-2-1-3-8-17/h1-9,13-14,19H,10-12H2,(H2,21,23,25). The maximum atomic E-state index is 12.2. The number of amides is 2. The van der Waals surface area contributed by atoms with E-state index in [1.54, 1.807) is 6.20 Å². The lowest BCUT2D eigenvalue weighted by atomic mass is 10.1. The molecular formula is C20H20N4O. The van der Waals surface area contributed by atoms with Crippen molar-refractivity contribution in [1.29, 1.82) is 0 Å². The number of benzene rings is 2. The Morgan fingerprint density at radius 2 is 1.92 bits per heavy atom. The Hall–Kier alpha value is -3.08. The molecule has 5 heteroatoms. The first-order chi connectivity index (χ1) is 12.3. The van der Waals surface area contributed by atoms with Crippen LogP contribution in [-0.2, 0) is 13.0 Å². The summed E-state index contributed by atoms with van der Waals surface area (Å²) in [6.45, 7) is 0.451. The molecule has 0 radical (unpaired) electrons. The van der Waals surface area contributed by atoms with Crippen LogP contribution < -0.4 is 10.6 Å². The molecule has 0 fully saturated rings. The van der Waals surface area contributed by atoms with Crippen LogP contribution in [0.4, 0.5) is 4.79 Å². The molecule has 5 nitrogen and oxygen atoms in total. The van der Waals surface area contributed by atoms with Crippen molar-refractivity contribution in [3.8, 4) is 5.69 Å². The van der Waals surface area contributed by atoms with Crippen molar-refractivity contribution in [2.45, 2.75) is 25.4 Å². The summed E-state index contributed by atoms with van der Waals surface area (Å²) < 4.78 is 1.81. The molecule has 1 heterocycles. The summed E-state index contributed by atoms with van der Waals surface area (Å²) in [5, 5.41) is 10.3. The second kappa shape index (κ2) is 6.81. The van der Waals surface area contributed by atoms with Crippen molar-refractivity contribution >= 4 is 6.03 Å². The van der Waals surface area contributed by atoms with Gasteiger partial charge in [0.25, 0.3) is 0 Å². The van der Waals surface area contributed by atoms with Crippen molar-refractivity contribution < 1.29 is 4.79 Å². The highest BCUT2D eigenvalue weighted by molar-refractivity contribution is 5.74. The Labute approximate surface area is 146 Å². The molecule has 0 spiro atoms. The number of nitrogens with one attached hydrogen (secondary N) is 2. The van der Waals surface area contributed by atoms with Crippen molar-refractivity contribution in [2.75, 3.05) is 0 Å². The van der Waals surface area contributed by atoms with Gasteiger partial charge in [0, 0.05) is 18.3 Å². The molecule has 0 bridgehead atoms. The van der Waals surface area contributed by atoms with Gasteiger partial charge in [-0.15, -0.1) is 0 Å². The van der Waals surface area contributed by atoms with Gasteiger partial charge in [0.05, 0.1) is 17.9 Å². The molecule has 1 aromatic heterocycles. The molecule has 2 aromatic carbocycles. The van der Waals surface area contributed by atoms with E-state index >= 15 is 0 Å². The Kier molecular flexibility index (Phi) is 4.21. The lowest BCUT2D eigenvalue weighted by Gasteiger charge is -2.14. The number of fused-ring (bicyclic) bond motifs is 1. The largest absolute Gasteiger partial charge is 0.334 e. The number of nitrogens with zero attached hydrogens (tertiary/aromatic N) is 2. The van der Waals surface area contributed by atoms with E-state index in [4.69, 9.17) is 0 Å². The van der Waals surface area contributed by atoms with Crippen LogP contribution in [0, 0.1) is 0 Å². The summed E-state index contributed by atoms with van der Waals surface area (Å²) >= 11 is 0. The molecular weight excluding hydrogens is 312 g/mol. The molecule has 2 N–H and O–H groups in total. The van der Waals surface area contributed by atoms with Crippen LogP contribution in [0.5, 0.6) is 0 Å². The van der Waals surface area contributed by atoms with Crippen LogP contribution in [0.2, 0.25) is 0 Å². The zero-order valence-electron chi connectivity index (χ0n) is 13.9. The minimum atomic E-state index is -0.144. The third kappa shape index (κ3) is 3.40. The maximum absolute atomic E-state index is 12.2. The molecule has 0 saturated heterocycles. The van der Waals surface area contributed by atoms with E-state index in [2.05, 4.69) is 27.9 Å². The Morgan fingerprint density at radius 1 is 1.12 bits per heavy atom. The van der Waals surface area contributed by atoms with Gasteiger partial charge in [-0.1, -0.05) is 42.5 Å². The predicted octanol–water partition coefficient (Wildman–Crippen LogP) is 3.36. The Balaban J connectivity index is 1.33. The molecule has 126 valence electrons. The first-order valence-corrected chi connectivity index (χ1v) is 8.51. The maximum Gasteiger partial charge on any atom is 0.315 e. The van der Waals surface area contributed by atoms with Gasteiger partial charge in [-0.2, -0.15) is 5.10 Å². The van der Waals surface area contributed by atoms with E-state index in [-0.39, 0.29) is 12.1 Å². The Morgan fingerprint density at radius 3 is 2.80 bits per heavy atom. The van der Waals surface area contributed by atoms with Gasteiger partial charge in [-0.3, -0.25) is 0 Å². The molecule has 1 aliphatic rings. The summed E-state index contributed by atoms with van der Waals surface area (Å²) in [7, 11) is 0. The average molecular weight is 332 g/mol. The molecule has 25 heavy (non-hydrogen) atoms. The molecule has 0 aliphatic heterocycles. The predicted molar refractivity (Wildman–Crippen MR) is 96.4 cm³/mol. The number of hydrogen-bond donors (Lipinski definition) is 2. The van der Waals surface area contributed by atoms with Crippen molar-refractivity contribution in [1.82, 2.24) is 20.4 Å². The number of rotatable bonds is 4. The molecule has 4 rings (SSSR count). The Bertz CT molecular complexity index is 872. The summed E-state index contributed by atoms with van der Waals surface area (Å²) in [6.07, 6.45) is 5.68. The fraction of sp³-hybridized carbons (Fsp3) is 0.200. The van der Waals surface area contributed by atoms with Crippen LogP contribution in [-0.4, -0.2) is 15.8 Å². The normalized spacial score (nSPS) is 15.6. The average Bonchev–Trinajstić information content (AvgIpc) is 3.28. The summed E-state index contributed by atoms with van der Waals surface area (Å²) in [4.78, 5) is 12.2. The minimum absolute atomic E-state index is 0.100. The van der Waals surface area contributed by atoms with E-state index in [1.807, 2.05) is 53.3 Å². The molecule has 1 unspecified atom stereocenters. The van der Waals surface area contributed by atoms with Gasteiger partial charge < -0.3 is 10.6 Å². The lowest BCUT2D eigenvalue weighted by molar-refractivity contribution is 0.236. The van der Waals surface area contributed by atoms with Gasteiger partial charge >= 0.3 is 6.03 Å². The summed E-state index contributed by atoms with van der Waals surface area (Å²) in [5.74, 6) is 0. The van der Waals surface area contributed by atoms with Crippen LogP contribution in [0.25, 0.3) is 5.69 Å². The van der Waals surface area contributed by atoms with E-state index in [9.17, 15) is 4.79 Å². The van der Waals surface area contributed by atoms with Crippen LogP contribution in [0.3, 0.4) is 0 Å². The summed E-state index contributed by atoms with van der Waals surface area (Å²) in [6, 6.07) is 18.2. The van der Waals surface area contributed by atoms with Crippen molar-refractivity contribution in [3.63, 3.8) is 0 Å². The molecule has 2 amide bonds. The van der Waals surface area contributed by atoms with Crippen LogP contribution in [0.1, 0.15) is 29.2 Å². The fourth-order valence-electron chi connectivity index (χ4n) is 3.27. The number of carbonyl (C=O) groups excluding carboxylic acids is 1. The third-order valence-electron chi connectivity index (χ3n) is 4.55. The monoisotopic (exact) mass is 332 g/mol. The number of hydrogen-bond acceptors (Lipinski definition) is 2. The zero-order chi connectivity index (χ0) is 17.1. The van der Waals surface area contributed by atoms with E-state index < -0.39 is 0 Å². The van der Waals surface area contributed by atoms with E-state index in [0.717, 1.165) is 24.1 Å². The van der Waals surface area contributed by atoms with E-state index in [1.165, 1.54) is 11.1 Å². The van der Waals surface area contributed by atoms with Gasteiger partial charge in [0.15, 0.2) is 0 Å². The minimum Gasteiger partial charge on any atom is -0.334 e. The lowest BCUT2D eigenvalue weighted by Crippen LogP contribution is -2.36. The molecule has 0 saturated carbocycles. The fourth-order valence-corrected chi connectivity index (χ4v) is 3.27. The zero-order valence-corrected chi connectivity index (χ0v) is 13.9.